The number of nitrogens with one attached hydrogen (secondary N) is 1. The molecular formula is C18H16N4O2. The number of nitrogens with two attached hydrogens (primary N) is 1. The first-order valence-corrected chi connectivity index (χ1v) is 7.37. The number of hydrogen-bond acceptors (Lipinski definition) is 3. The van der Waals surface area contributed by atoms with E-state index in [0.717, 1.165) is 16.6 Å². The smallest absolute Gasteiger partial charge is 0.332 e. The summed E-state index contributed by atoms with van der Waals surface area (Å²) in [6, 6.07) is 14.0. The number of hydrazone groups is 1. The van der Waals surface area contributed by atoms with Crippen LogP contribution in [0, 0.1) is 6.92 Å². The molecule has 0 bridgehead atoms. The minimum atomic E-state index is -0.743. The number of carbonyl (C=O) groups is 2. The molecule has 3 N–H and O–H groups in total. The van der Waals surface area contributed by atoms with Gasteiger partial charge in [-0.1, -0.05) is 36.4 Å². The number of amides is 2. The predicted octanol–water partition coefficient (Wildman–Crippen LogP) is 2.48. The zero-order valence-corrected chi connectivity index (χ0v) is 13.1. The van der Waals surface area contributed by atoms with Crippen molar-refractivity contribution in [3.8, 4) is 0 Å². The van der Waals surface area contributed by atoms with Crippen LogP contribution in [0.2, 0.25) is 0 Å². The maximum Gasteiger partial charge on any atom is 0.332 e. The van der Waals surface area contributed by atoms with E-state index in [0.29, 0.717) is 11.3 Å². The van der Waals surface area contributed by atoms with E-state index in [1.54, 1.807) is 12.1 Å². The molecule has 120 valence electrons. The lowest BCUT2D eigenvalue weighted by Gasteiger charge is -2.03. The summed E-state index contributed by atoms with van der Waals surface area (Å²) in [4.78, 5) is 23.7. The predicted molar refractivity (Wildman–Crippen MR) is 92.3 cm³/mol. The SMILES string of the molecule is Cc1c(/C=N\NC(N)=O)c2ccccn2c1C(=O)c1ccccc1. The molecule has 3 aromatic rings. The fraction of sp³-hybridized carbons (Fsp3) is 0.0556. The number of benzene rings is 1. The van der Waals surface area contributed by atoms with E-state index in [1.807, 2.05) is 53.9 Å². The average Bonchev–Trinajstić information content (AvgIpc) is 2.87. The van der Waals surface area contributed by atoms with Crippen LogP contribution in [-0.4, -0.2) is 22.4 Å². The second kappa shape index (κ2) is 6.37. The number of nitrogens with zero attached hydrogens (tertiary/aromatic N) is 2. The van der Waals surface area contributed by atoms with Gasteiger partial charge in [-0.05, 0) is 24.6 Å². The summed E-state index contributed by atoms with van der Waals surface area (Å²) in [5.74, 6) is -0.0724. The van der Waals surface area contributed by atoms with Crippen molar-refractivity contribution in [2.45, 2.75) is 6.92 Å². The molecule has 6 nitrogen and oxygen atoms in total. The third-order valence-corrected chi connectivity index (χ3v) is 3.76. The van der Waals surface area contributed by atoms with Crippen molar-refractivity contribution < 1.29 is 9.59 Å². The lowest BCUT2D eigenvalue weighted by Crippen LogP contribution is -2.24. The van der Waals surface area contributed by atoms with E-state index in [4.69, 9.17) is 5.73 Å². The van der Waals surface area contributed by atoms with E-state index in [-0.39, 0.29) is 5.78 Å². The number of urea groups is 1. The molecule has 24 heavy (non-hydrogen) atoms. The fourth-order valence-electron chi connectivity index (χ4n) is 2.69. The molecule has 0 aliphatic rings. The monoisotopic (exact) mass is 320 g/mol. The summed E-state index contributed by atoms with van der Waals surface area (Å²) in [7, 11) is 0. The lowest BCUT2D eigenvalue weighted by molar-refractivity contribution is 0.103. The second-order valence-electron chi connectivity index (χ2n) is 5.27. The van der Waals surface area contributed by atoms with Gasteiger partial charge in [0, 0.05) is 17.3 Å². The first kappa shape index (κ1) is 15.5. The van der Waals surface area contributed by atoms with Crippen LogP contribution in [0.5, 0.6) is 0 Å². The highest BCUT2D eigenvalue weighted by molar-refractivity contribution is 6.11. The first-order chi connectivity index (χ1) is 11.6. The standard InChI is InChI=1S/C18H16N4O2/c1-12-14(11-20-21-18(19)24)15-9-5-6-10-22(15)16(12)17(23)13-7-3-2-4-8-13/h2-11H,1H3,(H3,19,21,24)/b20-11-. The Kier molecular flexibility index (Phi) is 4.11. The Hall–Kier alpha value is -3.41. The van der Waals surface area contributed by atoms with Gasteiger partial charge in [-0.2, -0.15) is 5.10 Å². The van der Waals surface area contributed by atoms with E-state index in [2.05, 4.69) is 10.5 Å². The van der Waals surface area contributed by atoms with Crippen molar-refractivity contribution in [2.75, 3.05) is 0 Å². The average molecular weight is 320 g/mol. The van der Waals surface area contributed by atoms with Gasteiger partial charge in [-0.15, -0.1) is 0 Å². The van der Waals surface area contributed by atoms with Crippen molar-refractivity contribution in [3.63, 3.8) is 0 Å². The number of primary amides is 1. The summed E-state index contributed by atoms with van der Waals surface area (Å²) in [6.45, 7) is 1.86. The number of pyridine rings is 1. The summed E-state index contributed by atoms with van der Waals surface area (Å²) in [5, 5.41) is 3.82. The highest BCUT2D eigenvalue weighted by Crippen LogP contribution is 2.24. The number of carbonyl (C=O) groups excluding carboxylic acids is 2. The lowest BCUT2D eigenvalue weighted by atomic mass is 10.0. The van der Waals surface area contributed by atoms with Crippen molar-refractivity contribution in [1.29, 1.82) is 0 Å². The van der Waals surface area contributed by atoms with Crippen LogP contribution in [0.1, 0.15) is 27.2 Å². The molecule has 1 aromatic carbocycles. The van der Waals surface area contributed by atoms with E-state index < -0.39 is 6.03 Å². The molecule has 0 aliphatic heterocycles. The Labute approximate surface area is 138 Å². The molecule has 0 aliphatic carbocycles. The van der Waals surface area contributed by atoms with Gasteiger partial charge in [0.15, 0.2) is 0 Å². The van der Waals surface area contributed by atoms with Crippen molar-refractivity contribution in [1.82, 2.24) is 9.83 Å². The van der Waals surface area contributed by atoms with Gasteiger partial charge in [0.2, 0.25) is 5.78 Å². The zero-order valence-electron chi connectivity index (χ0n) is 13.1. The van der Waals surface area contributed by atoms with Gasteiger partial charge in [-0.3, -0.25) is 4.79 Å². The van der Waals surface area contributed by atoms with Gasteiger partial charge in [0.1, 0.15) is 0 Å². The third-order valence-electron chi connectivity index (χ3n) is 3.76. The number of rotatable bonds is 4. The molecule has 0 fully saturated rings. The first-order valence-electron chi connectivity index (χ1n) is 7.37. The molecule has 0 spiro atoms. The fourth-order valence-corrected chi connectivity index (χ4v) is 2.69. The Bertz CT molecular complexity index is 942. The normalized spacial score (nSPS) is 11.0. The molecule has 2 aromatic heterocycles. The van der Waals surface area contributed by atoms with Crippen LogP contribution in [0.25, 0.3) is 5.52 Å². The summed E-state index contributed by atoms with van der Waals surface area (Å²) in [6.07, 6.45) is 3.33. The number of ketones is 1. The molecule has 0 unspecified atom stereocenters. The van der Waals surface area contributed by atoms with Gasteiger partial charge in [0.25, 0.3) is 0 Å². The van der Waals surface area contributed by atoms with Crippen LogP contribution < -0.4 is 11.2 Å². The molecule has 2 amide bonds. The van der Waals surface area contributed by atoms with Crippen LogP contribution >= 0.6 is 0 Å². The maximum atomic E-state index is 12.9. The zero-order chi connectivity index (χ0) is 17.1. The molecule has 0 atom stereocenters. The largest absolute Gasteiger partial charge is 0.350 e. The summed E-state index contributed by atoms with van der Waals surface area (Å²) in [5.41, 5.74) is 10.7. The Morgan fingerprint density at radius 1 is 1.12 bits per heavy atom. The summed E-state index contributed by atoms with van der Waals surface area (Å²) >= 11 is 0. The Morgan fingerprint density at radius 2 is 1.83 bits per heavy atom. The second-order valence-corrected chi connectivity index (χ2v) is 5.27. The van der Waals surface area contributed by atoms with E-state index in [1.165, 1.54) is 6.21 Å². The van der Waals surface area contributed by atoms with Crippen LogP contribution in [0.3, 0.4) is 0 Å². The van der Waals surface area contributed by atoms with Crippen LogP contribution in [0.15, 0.2) is 59.8 Å². The van der Waals surface area contributed by atoms with Crippen molar-refractivity contribution in [2.24, 2.45) is 10.8 Å². The minimum Gasteiger partial charge on any atom is -0.350 e. The Balaban J connectivity index is 2.15. The molecule has 0 radical (unpaired) electrons. The van der Waals surface area contributed by atoms with Gasteiger partial charge < -0.3 is 10.1 Å². The van der Waals surface area contributed by atoms with Gasteiger partial charge in [0.05, 0.1) is 17.4 Å². The van der Waals surface area contributed by atoms with Crippen LogP contribution in [-0.2, 0) is 0 Å². The number of aromatic nitrogens is 1. The van der Waals surface area contributed by atoms with E-state index in [9.17, 15) is 9.59 Å². The maximum absolute atomic E-state index is 12.9. The Morgan fingerprint density at radius 3 is 2.54 bits per heavy atom. The number of hydrogen-bond donors (Lipinski definition) is 2. The highest BCUT2D eigenvalue weighted by Gasteiger charge is 2.20. The molecule has 3 rings (SSSR count). The summed E-state index contributed by atoms with van der Waals surface area (Å²) < 4.78 is 1.83. The molecular weight excluding hydrogens is 304 g/mol. The minimum absolute atomic E-state index is 0.0724. The molecule has 2 heterocycles. The molecule has 0 saturated carbocycles. The van der Waals surface area contributed by atoms with Crippen LogP contribution in [0.4, 0.5) is 4.79 Å². The van der Waals surface area contributed by atoms with Crippen molar-refractivity contribution in [3.05, 3.63) is 77.1 Å². The van der Waals surface area contributed by atoms with Gasteiger partial charge in [-0.25, -0.2) is 10.2 Å². The topological polar surface area (TPSA) is 89.0 Å². The van der Waals surface area contributed by atoms with E-state index >= 15 is 0 Å². The number of fused-ring (bicyclic) bond motifs is 1. The quantitative estimate of drug-likeness (QED) is 0.439. The highest BCUT2D eigenvalue weighted by atomic mass is 16.2. The van der Waals surface area contributed by atoms with Crippen molar-refractivity contribution >= 4 is 23.5 Å². The third kappa shape index (κ3) is 2.77. The molecule has 0 saturated heterocycles. The van der Waals surface area contributed by atoms with Gasteiger partial charge >= 0.3 is 6.03 Å². The molecule has 6 heteroatoms.